The summed E-state index contributed by atoms with van der Waals surface area (Å²) in [6.07, 6.45) is 1.25. The van der Waals surface area contributed by atoms with Crippen LogP contribution < -0.4 is 9.47 Å². The van der Waals surface area contributed by atoms with E-state index in [2.05, 4.69) is 0 Å². The van der Waals surface area contributed by atoms with Gasteiger partial charge in [-0.05, 0) is 48.0 Å². The predicted molar refractivity (Wildman–Crippen MR) is 116 cm³/mol. The molecule has 0 radical (unpaired) electrons. The van der Waals surface area contributed by atoms with E-state index in [1.54, 1.807) is 42.5 Å². The van der Waals surface area contributed by atoms with E-state index >= 15 is 0 Å². The zero-order valence-electron chi connectivity index (χ0n) is 16.4. The van der Waals surface area contributed by atoms with Gasteiger partial charge in [0.15, 0.2) is 11.5 Å². The summed E-state index contributed by atoms with van der Waals surface area (Å²) in [6.45, 7) is -0.122. The van der Waals surface area contributed by atoms with Crippen molar-refractivity contribution in [3.63, 3.8) is 0 Å². The highest BCUT2D eigenvalue weighted by molar-refractivity contribution is 7.95. The molecule has 0 aliphatic rings. The second-order valence-electron chi connectivity index (χ2n) is 6.34. The zero-order chi connectivity index (χ0) is 22.4. The van der Waals surface area contributed by atoms with Gasteiger partial charge in [0.25, 0.3) is 0 Å². The molecule has 3 aromatic carbocycles. The first kappa shape index (κ1) is 22.3. The van der Waals surface area contributed by atoms with Crippen molar-refractivity contribution in [2.75, 3.05) is 7.11 Å². The monoisotopic (exact) mass is 457 g/mol. The van der Waals surface area contributed by atoms with E-state index in [0.717, 1.165) is 0 Å². The number of ether oxygens (including phenoxy) is 2. The van der Waals surface area contributed by atoms with Crippen molar-refractivity contribution in [1.29, 1.82) is 5.26 Å². The Kier molecular flexibility index (Phi) is 6.95. The minimum atomic E-state index is -3.96. The van der Waals surface area contributed by atoms with Crippen molar-refractivity contribution in [1.82, 2.24) is 0 Å². The van der Waals surface area contributed by atoms with E-state index in [9.17, 15) is 18.1 Å². The molecular formula is C23H17ClFNO4S. The molecule has 0 bridgehead atoms. The Morgan fingerprint density at radius 2 is 1.84 bits per heavy atom. The van der Waals surface area contributed by atoms with Crippen LogP contribution in [0.1, 0.15) is 11.1 Å². The maximum atomic E-state index is 13.9. The molecule has 0 saturated carbocycles. The van der Waals surface area contributed by atoms with Crippen molar-refractivity contribution in [3.8, 4) is 17.6 Å². The molecule has 8 heteroatoms. The Labute approximate surface area is 184 Å². The lowest BCUT2D eigenvalue weighted by atomic mass is 10.2. The lowest BCUT2D eigenvalue weighted by molar-refractivity contribution is 0.280. The molecule has 0 aromatic heterocycles. The first-order valence-corrected chi connectivity index (χ1v) is 10.9. The van der Waals surface area contributed by atoms with Crippen molar-refractivity contribution >= 4 is 27.5 Å². The predicted octanol–water partition coefficient (Wildman–Crippen LogP) is 5.41. The van der Waals surface area contributed by atoms with Crippen LogP contribution in [0.4, 0.5) is 4.39 Å². The zero-order valence-corrected chi connectivity index (χ0v) is 18.0. The smallest absolute Gasteiger partial charge is 0.216 e. The third kappa shape index (κ3) is 5.05. The highest BCUT2D eigenvalue weighted by Crippen LogP contribution is 2.31. The van der Waals surface area contributed by atoms with E-state index in [1.807, 2.05) is 0 Å². The second kappa shape index (κ2) is 9.65. The average Bonchev–Trinajstić information content (AvgIpc) is 2.78. The Balaban J connectivity index is 1.89. The number of methoxy groups -OCH3 is 1. The Bertz CT molecular complexity index is 1250. The van der Waals surface area contributed by atoms with E-state index < -0.39 is 20.6 Å². The number of sulfone groups is 1. The first-order chi connectivity index (χ1) is 14.9. The minimum absolute atomic E-state index is 0.0245. The normalized spacial score (nSPS) is 11.6. The quantitative estimate of drug-likeness (QED) is 0.443. The van der Waals surface area contributed by atoms with Crippen molar-refractivity contribution in [2.45, 2.75) is 11.5 Å². The maximum absolute atomic E-state index is 13.9. The lowest BCUT2D eigenvalue weighted by Crippen LogP contribution is -2.03. The van der Waals surface area contributed by atoms with Crippen LogP contribution >= 0.6 is 11.6 Å². The van der Waals surface area contributed by atoms with Crippen LogP contribution in [-0.4, -0.2) is 15.5 Å². The van der Waals surface area contributed by atoms with Gasteiger partial charge in [-0.1, -0.05) is 41.9 Å². The molecule has 0 aliphatic heterocycles. The fourth-order valence-corrected chi connectivity index (χ4v) is 4.16. The third-order valence-electron chi connectivity index (χ3n) is 4.37. The molecular weight excluding hydrogens is 441 g/mol. The van der Waals surface area contributed by atoms with Gasteiger partial charge < -0.3 is 9.47 Å². The number of allylic oxidation sites excluding steroid dienone is 1. The lowest BCUT2D eigenvalue weighted by Gasteiger charge is -2.13. The number of nitriles is 1. The van der Waals surface area contributed by atoms with Gasteiger partial charge in [-0.25, -0.2) is 12.8 Å². The topological polar surface area (TPSA) is 76.4 Å². The van der Waals surface area contributed by atoms with E-state index in [1.165, 1.54) is 43.5 Å². The van der Waals surface area contributed by atoms with Gasteiger partial charge in [0.1, 0.15) is 23.4 Å². The number of benzene rings is 3. The molecule has 0 amide bonds. The van der Waals surface area contributed by atoms with Crippen LogP contribution in [0.3, 0.4) is 0 Å². The molecule has 0 saturated heterocycles. The van der Waals surface area contributed by atoms with Gasteiger partial charge in [-0.15, -0.1) is 0 Å². The highest BCUT2D eigenvalue weighted by atomic mass is 35.5. The van der Waals surface area contributed by atoms with Crippen LogP contribution in [0, 0.1) is 17.1 Å². The molecule has 3 rings (SSSR count). The minimum Gasteiger partial charge on any atom is -0.493 e. The molecule has 3 aromatic rings. The van der Waals surface area contributed by atoms with Gasteiger partial charge in [0, 0.05) is 5.56 Å². The number of rotatable bonds is 7. The van der Waals surface area contributed by atoms with Gasteiger partial charge >= 0.3 is 0 Å². The van der Waals surface area contributed by atoms with Gasteiger partial charge in [-0.2, -0.15) is 5.26 Å². The summed E-state index contributed by atoms with van der Waals surface area (Å²) < 4.78 is 50.3. The Morgan fingerprint density at radius 3 is 2.48 bits per heavy atom. The number of hydrogen-bond acceptors (Lipinski definition) is 5. The van der Waals surface area contributed by atoms with Crippen LogP contribution in [0.15, 0.2) is 76.5 Å². The van der Waals surface area contributed by atoms with Crippen molar-refractivity contribution in [3.05, 3.63) is 93.6 Å². The molecule has 5 nitrogen and oxygen atoms in total. The second-order valence-corrected chi connectivity index (χ2v) is 8.66. The molecule has 0 unspecified atom stereocenters. The molecule has 0 fully saturated rings. The summed E-state index contributed by atoms with van der Waals surface area (Å²) in [6, 6.07) is 18.4. The summed E-state index contributed by atoms with van der Waals surface area (Å²) >= 11 is 6.01. The van der Waals surface area contributed by atoms with Gasteiger partial charge in [-0.3, -0.25) is 0 Å². The Morgan fingerprint density at radius 1 is 1.10 bits per heavy atom. The summed E-state index contributed by atoms with van der Waals surface area (Å²) in [5.74, 6) is 0.106. The van der Waals surface area contributed by atoms with E-state index in [4.69, 9.17) is 21.1 Å². The van der Waals surface area contributed by atoms with Crippen molar-refractivity contribution < 1.29 is 22.3 Å². The number of halogens is 2. The fourth-order valence-electron chi connectivity index (χ4n) is 2.76. The SMILES string of the molecule is COc1cc(/C=C(/C#N)S(=O)(=O)c2ccccc2)ccc1OCc1c(F)cccc1Cl. The van der Waals surface area contributed by atoms with Crippen LogP contribution in [-0.2, 0) is 16.4 Å². The largest absolute Gasteiger partial charge is 0.493 e. The average molecular weight is 458 g/mol. The Hall–Kier alpha value is -3.34. The fraction of sp³-hybridized carbons (Fsp3) is 0.0870. The van der Waals surface area contributed by atoms with E-state index in [-0.39, 0.29) is 27.8 Å². The third-order valence-corrected chi connectivity index (χ3v) is 6.41. The highest BCUT2D eigenvalue weighted by Gasteiger charge is 2.20. The first-order valence-electron chi connectivity index (χ1n) is 9.02. The number of nitrogens with zero attached hydrogens (tertiary/aromatic N) is 1. The van der Waals surface area contributed by atoms with Crippen LogP contribution in [0.5, 0.6) is 11.5 Å². The molecule has 0 atom stereocenters. The molecule has 31 heavy (non-hydrogen) atoms. The summed E-state index contributed by atoms with van der Waals surface area (Å²) in [4.78, 5) is -0.385. The standard InChI is InChI=1S/C23H17ClFNO4S/c1-29-23-13-16(12-18(14-26)31(27,28)17-6-3-2-4-7-17)10-11-22(23)30-15-19-20(24)8-5-9-21(19)25/h2-13H,15H2,1H3/b18-12-. The van der Waals surface area contributed by atoms with Crippen LogP contribution in [0.25, 0.3) is 6.08 Å². The van der Waals surface area contributed by atoms with E-state index in [0.29, 0.717) is 11.3 Å². The summed E-state index contributed by atoms with van der Waals surface area (Å²) in [7, 11) is -2.55. The summed E-state index contributed by atoms with van der Waals surface area (Å²) in [5.41, 5.74) is 0.625. The molecule has 158 valence electrons. The molecule has 0 heterocycles. The maximum Gasteiger partial charge on any atom is 0.216 e. The summed E-state index contributed by atoms with van der Waals surface area (Å²) in [5, 5.41) is 9.67. The van der Waals surface area contributed by atoms with Gasteiger partial charge in [0.05, 0.1) is 17.0 Å². The molecule has 0 spiro atoms. The molecule has 0 aliphatic carbocycles. The van der Waals surface area contributed by atoms with Gasteiger partial charge in [0.2, 0.25) is 9.84 Å². The molecule has 0 N–H and O–H groups in total. The van der Waals surface area contributed by atoms with Crippen molar-refractivity contribution in [2.24, 2.45) is 0 Å². The number of hydrogen-bond donors (Lipinski definition) is 0. The van der Waals surface area contributed by atoms with Crippen LogP contribution in [0.2, 0.25) is 5.02 Å².